The van der Waals surface area contributed by atoms with Gasteiger partial charge in [-0.05, 0) is 44.4 Å². The molecule has 1 aromatic rings. The van der Waals surface area contributed by atoms with Gasteiger partial charge in [-0.1, -0.05) is 25.5 Å². The summed E-state index contributed by atoms with van der Waals surface area (Å²) in [4.78, 5) is 14.0. The Bertz CT molecular complexity index is 429. The molecule has 1 aromatic carbocycles. The zero-order chi connectivity index (χ0) is 14.4. The van der Waals surface area contributed by atoms with Crippen molar-refractivity contribution in [3.8, 4) is 0 Å². The Kier molecular flexibility index (Phi) is 5.87. The summed E-state index contributed by atoms with van der Waals surface area (Å²) in [5.74, 6) is 0.148. The molecule has 0 aliphatic heterocycles. The lowest BCUT2D eigenvalue weighted by molar-refractivity contribution is -0.130. The topological polar surface area (TPSA) is 32.3 Å². The molecular formula is C16H26N2O. The summed E-state index contributed by atoms with van der Waals surface area (Å²) in [5, 5.41) is 3.32. The Hall–Kier alpha value is -1.51. The third kappa shape index (κ3) is 4.58. The van der Waals surface area contributed by atoms with Crippen molar-refractivity contribution in [2.45, 2.75) is 46.6 Å². The molecule has 0 bridgehead atoms. The van der Waals surface area contributed by atoms with Crippen LogP contribution < -0.4 is 5.32 Å². The molecule has 1 atom stereocenters. The molecule has 0 saturated carbocycles. The maximum absolute atomic E-state index is 12.2. The highest BCUT2D eigenvalue weighted by molar-refractivity contribution is 5.84. The summed E-state index contributed by atoms with van der Waals surface area (Å²) in [5.41, 5.74) is 3.42. The minimum atomic E-state index is -0.192. The Morgan fingerprint density at radius 2 is 2.05 bits per heavy atom. The van der Waals surface area contributed by atoms with E-state index in [1.807, 2.05) is 18.9 Å². The minimum Gasteiger partial charge on any atom is -0.374 e. The van der Waals surface area contributed by atoms with Crippen LogP contribution in [-0.4, -0.2) is 30.4 Å². The SMILES string of the molecule is CCCCN(C)C(=O)C(C)Nc1cc(C)ccc1C. The van der Waals surface area contributed by atoms with Crippen LogP contribution in [0.15, 0.2) is 18.2 Å². The van der Waals surface area contributed by atoms with Crippen LogP contribution in [0.4, 0.5) is 5.69 Å². The first-order chi connectivity index (χ1) is 8.95. The van der Waals surface area contributed by atoms with Crippen LogP contribution in [0.25, 0.3) is 0 Å². The maximum Gasteiger partial charge on any atom is 0.244 e. The number of nitrogens with zero attached hydrogens (tertiary/aromatic N) is 1. The second-order valence-corrected chi connectivity index (χ2v) is 5.30. The molecule has 0 radical (unpaired) electrons. The van der Waals surface area contributed by atoms with Crippen LogP contribution >= 0.6 is 0 Å². The number of aryl methyl sites for hydroxylation is 2. The van der Waals surface area contributed by atoms with Gasteiger partial charge in [-0.3, -0.25) is 4.79 Å². The largest absolute Gasteiger partial charge is 0.374 e. The van der Waals surface area contributed by atoms with Crippen molar-refractivity contribution < 1.29 is 4.79 Å². The smallest absolute Gasteiger partial charge is 0.244 e. The van der Waals surface area contributed by atoms with E-state index in [-0.39, 0.29) is 11.9 Å². The molecule has 0 aromatic heterocycles. The van der Waals surface area contributed by atoms with Gasteiger partial charge < -0.3 is 10.2 Å². The van der Waals surface area contributed by atoms with Crippen molar-refractivity contribution >= 4 is 11.6 Å². The number of carbonyl (C=O) groups is 1. The predicted molar refractivity (Wildman–Crippen MR) is 81.5 cm³/mol. The summed E-state index contributed by atoms with van der Waals surface area (Å²) in [6.45, 7) is 9.00. The van der Waals surface area contributed by atoms with Gasteiger partial charge in [0.25, 0.3) is 0 Å². The summed E-state index contributed by atoms with van der Waals surface area (Å²) >= 11 is 0. The molecule has 1 N–H and O–H groups in total. The fourth-order valence-corrected chi connectivity index (χ4v) is 2.02. The molecule has 0 aliphatic carbocycles. The van der Waals surface area contributed by atoms with Crippen LogP contribution in [0.3, 0.4) is 0 Å². The Balaban J connectivity index is 2.65. The summed E-state index contributed by atoms with van der Waals surface area (Å²) < 4.78 is 0. The van der Waals surface area contributed by atoms with E-state index < -0.39 is 0 Å². The van der Waals surface area contributed by atoms with Gasteiger partial charge in [0.05, 0.1) is 0 Å². The van der Waals surface area contributed by atoms with Crippen LogP contribution in [0.5, 0.6) is 0 Å². The number of hydrogen-bond acceptors (Lipinski definition) is 2. The molecule has 3 nitrogen and oxygen atoms in total. The van der Waals surface area contributed by atoms with Crippen molar-refractivity contribution in [1.29, 1.82) is 0 Å². The number of carbonyl (C=O) groups excluding carboxylic acids is 1. The fraction of sp³-hybridized carbons (Fsp3) is 0.562. The van der Waals surface area contributed by atoms with Crippen LogP contribution in [-0.2, 0) is 4.79 Å². The standard InChI is InChI=1S/C16H26N2O/c1-6-7-10-18(5)16(19)14(4)17-15-11-12(2)8-9-13(15)3/h8-9,11,14,17H,6-7,10H2,1-5H3. The van der Waals surface area contributed by atoms with Gasteiger partial charge >= 0.3 is 0 Å². The average molecular weight is 262 g/mol. The number of rotatable bonds is 6. The Morgan fingerprint density at radius 1 is 1.37 bits per heavy atom. The number of likely N-dealkylation sites (N-methyl/N-ethyl adjacent to an activating group) is 1. The van der Waals surface area contributed by atoms with Crippen molar-refractivity contribution in [1.82, 2.24) is 4.90 Å². The molecule has 0 heterocycles. The Morgan fingerprint density at radius 3 is 2.68 bits per heavy atom. The lowest BCUT2D eigenvalue weighted by Gasteiger charge is -2.23. The third-order valence-corrected chi connectivity index (χ3v) is 3.36. The highest BCUT2D eigenvalue weighted by Crippen LogP contribution is 2.17. The second-order valence-electron chi connectivity index (χ2n) is 5.30. The lowest BCUT2D eigenvalue weighted by atomic mass is 10.1. The summed E-state index contributed by atoms with van der Waals surface area (Å²) in [7, 11) is 1.87. The monoisotopic (exact) mass is 262 g/mol. The predicted octanol–water partition coefficient (Wildman–Crippen LogP) is 3.36. The van der Waals surface area contributed by atoms with E-state index in [0.29, 0.717) is 0 Å². The number of nitrogens with one attached hydrogen (secondary N) is 1. The quantitative estimate of drug-likeness (QED) is 0.852. The second kappa shape index (κ2) is 7.17. The summed E-state index contributed by atoms with van der Waals surface area (Å²) in [6.07, 6.45) is 2.16. The number of anilines is 1. The van der Waals surface area contributed by atoms with Gasteiger partial charge in [0.1, 0.15) is 6.04 Å². The highest BCUT2D eigenvalue weighted by atomic mass is 16.2. The van der Waals surface area contributed by atoms with Gasteiger partial charge in [-0.2, -0.15) is 0 Å². The van der Waals surface area contributed by atoms with E-state index >= 15 is 0 Å². The van der Waals surface area contributed by atoms with Crippen molar-refractivity contribution in [3.63, 3.8) is 0 Å². The van der Waals surface area contributed by atoms with Gasteiger partial charge in [-0.15, -0.1) is 0 Å². The first-order valence-corrected chi connectivity index (χ1v) is 7.04. The number of benzene rings is 1. The van der Waals surface area contributed by atoms with Crippen molar-refractivity contribution in [2.24, 2.45) is 0 Å². The van der Waals surface area contributed by atoms with Crippen LogP contribution in [0.2, 0.25) is 0 Å². The van der Waals surface area contributed by atoms with Gasteiger partial charge in [-0.25, -0.2) is 0 Å². The maximum atomic E-state index is 12.2. The number of unbranched alkanes of at least 4 members (excludes halogenated alkanes) is 1. The van der Waals surface area contributed by atoms with E-state index in [0.717, 1.165) is 25.1 Å². The molecule has 1 rings (SSSR count). The first-order valence-electron chi connectivity index (χ1n) is 7.04. The minimum absolute atomic E-state index is 0.148. The molecule has 106 valence electrons. The van der Waals surface area contributed by atoms with E-state index in [2.05, 4.69) is 44.3 Å². The average Bonchev–Trinajstić information content (AvgIpc) is 2.39. The molecule has 1 amide bonds. The highest BCUT2D eigenvalue weighted by Gasteiger charge is 2.17. The molecule has 0 spiro atoms. The van der Waals surface area contributed by atoms with E-state index in [9.17, 15) is 4.79 Å². The van der Waals surface area contributed by atoms with Gasteiger partial charge in [0.15, 0.2) is 0 Å². The van der Waals surface area contributed by atoms with Gasteiger partial charge in [0.2, 0.25) is 5.91 Å². The Labute approximate surface area is 117 Å². The molecule has 0 fully saturated rings. The molecule has 0 aliphatic rings. The zero-order valence-electron chi connectivity index (χ0n) is 12.8. The molecule has 19 heavy (non-hydrogen) atoms. The third-order valence-electron chi connectivity index (χ3n) is 3.36. The van der Waals surface area contributed by atoms with Crippen LogP contribution in [0.1, 0.15) is 37.8 Å². The fourth-order valence-electron chi connectivity index (χ4n) is 2.02. The van der Waals surface area contributed by atoms with Crippen molar-refractivity contribution in [2.75, 3.05) is 18.9 Å². The molecule has 0 saturated heterocycles. The molecular weight excluding hydrogens is 236 g/mol. The van der Waals surface area contributed by atoms with E-state index in [4.69, 9.17) is 0 Å². The molecule has 3 heteroatoms. The van der Waals surface area contributed by atoms with E-state index in [1.165, 1.54) is 11.1 Å². The number of hydrogen-bond donors (Lipinski definition) is 1. The number of amides is 1. The summed E-state index contributed by atoms with van der Waals surface area (Å²) in [6, 6.07) is 6.06. The van der Waals surface area contributed by atoms with Crippen LogP contribution in [0, 0.1) is 13.8 Å². The first kappa shape index (κ1) is 15.5. The lowest BCUT2D eigenvalue weighted by Crippen LogP contribution is -2.39. The normalized spacial score (nSPS) is 12.1. The van der Waals surface area contributed by atoms with E-state index in [1.54, 1.807) is 0 Å². The zero-order valence-corrected chi connectivity index (χ0v) is 12.8. The van der Waals surface area contributed by atoms with Crippen molar-refractivity contribution in [3.05, 3.63) is 29.3 Å². The van der Waals surface area contributed by atoms with Gasteiger partial charge in [0, 0.05) is 19.3 Å². The molecule has 1 unspecified atom stereocenters.